The van der Waals surface area contributed by atoms with Crippen LogP contribution in [0, 0.1) is 11.8 Å². The summed E-state index contributed by atoms with van der Waals surface area (Å²) in [6.07, 6.45) is 1.59. The van der Waals surface area contributed by atoms with Gasteiger partial charge in [0, 0.05) is 5.92 Å². The first-order valence-electron chi connectivity index (χ1n) is 9.39. The SMILES string of the molecule is CCOc1ccc(C(NC(=O)[C@@H]2CC[C@H](C(=O)O)C2)c2ccccc2)cc1. The minimum absolute atomic E-state index is 0.0820. The van der Waals surface area contributed by atoms with Gasteiger partial charge in [-0.2, -0.15) is 0 Å². The van der Waals surface area contributed by atoms with Crippen LogP contribution in [0.4, 0.5) is 0 Å². The summed E-state index contributed by atoms with van der Waals surface area (Å²) in [7, 11) is 0. The lowest BCUT2D eigenvalue weighted by atomic mass is 9.97. The molecule has 2 N–H and O–H groups in total. The minimum Gasteiger partial charge on any atom is -0.494 e. The third-order valence-corrected chi connectivity index (χ3v) is 5.10. The largest absolute Gasteiger partial charge is 0.494 e. The molecule has 2 aromatic carbocycles. The fourth-order valence-electron chi connectivity index (χ4n) is 3.63. The Morgan fingerprint density at radius 2 is 1.67 bits per heavy atom. The minimum atomic E-state index is -0.809. The predicted octanol–water partition coefficient (Wildman–Crippen LogP) is 3.79. The van der Waals surface area contributed by atoms with Gasteiger partial charge in [-0.3, -0.25) is 9.59 Å². The van der Waals surface area contributed by atoms with Crippen LogP contribution < -0.4 is 10.1 Å². The number of ether oxygens (including phenoxy) is 1. The van der Waals surface area contributed by atoms with Crippen LogP contribution >= 0.6 is 0 Å². The monoisotopic (exact) mass is 367 g/mol. The van der Waals surface area contributed by atoms with Crippen molar-refractivity contribution in [3.05, 3.63) is 65.7 Å². The average Bonchev–Trinajstić information content (AvgIpc) is 3.18. The zero-order valence-corrected chi connectivity index (χ0v) is 15.4. The summed E-state index contributed by atoms with van der Waals surface area (Å²) in [6.45, 7) is 2.54. The van der Waals surface area contributed by atoms with Crippen LogP contribution in [0.5, 0.6) is 5.75 Å². The maximum Gasteiger partial charge on any atom is 0.306 e. The van der Waals surface area contributed by atoms with Gasteiger partial charge in [0.05, 0.1) is 18.6 Å². The highest BCUT2D eigenvalue weighted by Crippen LogP contribution is 2.32. The summed E-state index contributed by atoms with van der Waals surface area (Å²) >= 11 is 0. The predicted molar refractivity (Wildman–Crippen MR) is 103 cm³/mol. The number of hydrogen-bond acceptors (Lipinski definition) is 3. The molecule has 2 aromatic rings. The molecular formula is C22H25NO4. The smallest absolute Gasteiger partial charge is 0.306 e. The molecule has 142 valence electrons. The van der Waals surface area contributed by atoms with Crippen molar-refractivity contribution >= 4 is 11.9 Å². The zero-order valence-electron chi connectivity index (χ0n) is 15.4. The lowest BCUT2D eigenvalue weighted by Crippen LogP contribution is -2.34. The van der Waals surface area contributed by atoms with Gasteiger partial charge in [0.2, 0.25) is 5.91 Å². The second-order valence-corrected chi connectivity index (χ2v) is 6.90. The molecule has 1 saturated carbocycles. The van der Waals surface area contributed by atoms with Crippen molar-refractivity contribution in [2.45, 2.75) is 32.2 Å². The molecule has 0 bridgehead atoms. The second-order valence-electron chi connectivity index (χ2n) is 6.90. The number of carboxylic acid groups (broad SMARTS) is 1. The van der Waals surface area contributed by atoms with Crippen molar-refractivity contribution in [1.82, 2.24) is 5.32 Å². The fraction of sp³-hybridized carbons (Fsp3) is 0.364. The third-order valence-electron chi connectivity index (χ3n) is 5.10. The topological polar surface area (TPSA) is 75.6 Å². The van der Waals surface area contributed by atoms with E-state index >= 15 is 0 Å². The van der Waals surface area contributed by atoms with Crippen LogP contribution in [0.25, 0.3) is 0 Å². The van der Waals surface area contributed by atoms with E-state index in [4.69, 9.17) is 4.74 Å². The average molecular weight is 367 g/mol. The molecule has 5 heteroatoms. The Morgan fingerprint density at radius 1 is 1.04 bits per heavy atom. The summed E-state index contributed by atoms with van der Waals surface area (Å²) in [5, 5.41) is 12.3. The number of carbonyl (C=O) groups excluding carboxylic acids is 1. The first kappa shape index (κ1) is 19.0. The third kappa shape index (κ3) is 4.67. The first-order valence-corrected chi connectivity index (χ1v) is 9.39. The van der Waals surface area contributed by atoms with Crippen LogP contribution in [0.1, 0.15) is 43.4 Å². The molecule has 0 aromatic heterocycles. The van der Waals surface area contributed by atoms with Crippen LogP contribution in [-0.2, 0) is 9.59 Å². The molecule has 0 radical (unpaired) electrons. The maximum absolute atomic E-state index is 12.8. The van der Waals surface area contributed by atoms with Gasteiger partial charge in [-0.1, -0.05) is 42.5 Å². The van der Waals surface area contributed by atoms with Crippen LogP contribution in [-0.4, -0.2) is 23.6 Å². The molecule has 27 heavy (non-hydrogen) atoms. The molecule has 1 aliphatic carbocycles. The zero-order chi connectivity index (χ0) is 19.2. The van der Waals surface area contributed by atoms with Crippen molar-refractivity contribution in [3.8, 4) is 5.75 Å². The van der Waals surface area contributed by atoms with E-state index in [1.165, 1.54) is 0 Å². The van der Waals surface area contributed by atoms with E-state index in [0.29, 0.717) is 25.9 Å². The number of nitrogens with one attached hydrogen (secondary N) is 1. The lowest BCUT2D eigenvalue weighted by molar-refractivity contribution is -0.141. The summed E-state index contributed by atoms with van der Waals surface area (Å²) in [5.41, 5.74) is 1.95. The van der Waals surface area contributed by atoms with E-state index in [-0.39, 0.29) is 17.9 Å². The number of hydrogen-bond donors (Lipinski definition) is 2. The second kappa shape index (κ2) is 8.71. The molecule has 1 fully saturated rings. The van der Waals surface area contributed by atoms with E-state index in [9.17, 15) is 14.7 Å². The Bertz CT molecular complexity index is 773. The van der Waals surface area contributed by atoms with E-state index in [1.54, 1.807) is 0 Å². The molecule has 3 atom stereocenters. The number of carbonyl (C=O) groups is 2. The molecule has 3 rings (SSSR count). The van der Waals surface area contributed by atoms with Crippen molar-refractivity contribution in [2.75, 3.05) is 6.61 Å². The van der Waals surface area contributed by atoms with Crippen LogP contribution in [0.2, 0.25) is 0 Å². The molecule has 0 heterocycles. The molecule has 0 spiro atoms. The van der Waals surface area contributed by atoms with Gasteiger partial charge in [-0.15, -0.1) is 0 Å². The molecule has 0 saturated heterocycles. The van der Waals surface area contributed by atoms with Crippen LogP contribution in [0.15, 0.2) is 54.6 Å². The molecule has 0 aliphatic heterocycles. The quantitative estimate of drug-likeness (QED) is 0.781. The number of carboxylic acids is 1. The Morgan fingerprint density at radius 3 is 2.26 bits per heavy atom. The van der Waals surface area contributed by atoms with Gasteiger partial charge in [-0.05, 0) is 49.4 Å². The Kier molecular flexibility index (Phi) is 6.12. The highest BCUT2D eigenvalue weighted by Gasteiger charge is 2.34. The molecule has 1 unspecified atom stereocenters. The van der Waals surface area contributed by atoms with Gasteiger partial charge in [0.1, 0.15) is 5.75 Å². The molecule has 1 amide bonds. The summed E-state index contributed by atoms with van der Waals surface area (Å²) in [6, 6.07) is 17.2. The first-order chi connectivity index (χ1) is 13.1. The highest BCUT2D eigenvalue weighted by molar-refractivity contribution is 5.81. The van der Waals surface area contributed by atoms with Gasteiger partial charge in [-0.25, -0.2) is 0 Å². The maximum atomic E-state index is 12.8. The number of amides is 1. The van der Waals surface area contributed by atoms with Gasteiger partial charge in [0.15, 0.2) is 0 Å². The fourth-order valence-corrected chi connectivity index (χ4v) is 3.63. The Hall–Kier alpha value is -2.82. The summed E-state index contributed by atoms with van der Waals surface area (Å²) < 4.78 is 5.50. The molecule has 1 aliphatic rings. The van der Waals surface area contributed by atoms with E-state index < -0.39 is 11.9 Å². The highest BCUT2D eigenvalue weighted by atomic mass is 16.5. The number of rotatable bonds is 7. The van der Waals surface area contributed by atoms with Gasteiger partial charge >= 0.3 is 5.97 Å². The summed E-state index contributed by atoms with van der Waals surface area (Å²) in [4.78, 5) is 24.0. The van der Waals surface area contributed by atoms with E-state index in [1.807, 2.05) is 61.5 Å². The van der Waals surface area contributed by atoms with Crippen molar-refractivity contribution < 1.29 is 19.4 Å². The van der Waals surface area contributed by atoms with Gasteiger partial charge in [0.25, 0.3) is 0 Å². The van der Waals surface area contributed by atoms with Gasteiger partial charge < -0.3 is 15.2 Å². The lowest BCUT2D eigenvalue weighted by Gasteiger charge is -2.22. The van der Waals surface area contributed by atoms with E-state index in [2.05, 4.69) is 5.32 Å². The van der Waals surface area contributed by atoms with Crippen molar-refractivity contribution in [2.24, 2.45) is 11.8 Å². The Labute approximate surface area is 159 Å². The van der Waals surface area contributed by atoms with Crippen LogP contribution in [0.3, 0.4) is 0 Å². The normalized spacial score (nSPS) is 20.0. The van der Waals surface area contributed by atoms with Crippen molar-refractivity contribution in [1.29, 1.82) is 0 Å². The van der Waals surface area contributed by atoms with E-state index in [0.717, 1.165) is 16.9 Å². The Balaban J connectivity index is 1.79. The molecular weight excluding hydrogens is 342 g/mol. The number of aliphatic carboxylic acids is 1. The standard InChI is InChI=1S/C22H25NO4/c1-2-27-19-12-10-16(11-13-19)20(15-6-4-3-5-7-15)23-21(24)17-8-9-18(14-17)22(25)26/h3-7,10-13,17-18,20H,2,8-9,14H2,1H3,(H,23,24)(H,25,26)/t17-,18+,20?/m1/s1. The van der Waals surface area contributed by atoms with Crippen molar-refractivity contribution in [3.63, 3.8) is 0 Å². The summed E-state index contributed by atoms with van der Waals surface area (Å²) in [5.74, 6) is -0.765. The molecule has 5 nitrogen and oxygen atoms in total. The number of benzene rings is 2.